The van der Waals surface area contributed by atoms with Crippen molar-refractivity contribution in [3.05, 3.63) is 23.0 Å². The van der Waals surface area contributed by atoms with Gasteiger partial charge in [-0.15, -0.1) is 0 Å². The molecular weight excluding hydrogens is 152 g/mol. The number of aryl methyl sites for hydroxylation is 1. The van der Waals surface area contributed by atoms with Crippen molar-refractivity contribution < 1.29 is 4.79 Å². The second-order valence-electron chi connectivity index (χ2n) is 3.32. The summed E-state index contributed by atoms with van der Waals surface area (Å²) in [7, 11) is 1.84. The summed E-state index contributed by atoms with van der Waals surface area (Å²) < 4.78 is 0. The highest BCUT2D eigenvalue weighted by molar-refractivity contribution is 5.96. The lowest BCUT2D eigenvalue weighted by molar-refractivity contribution is 0.0780. The lowest BCUT2D eigenvalue weighted by Gasteiger charge is -2.21. The zero-order chi connectivity index (χ0) is 8.72. The molecule has 1 aliphatic heterocycles. The molecule has 1 aliphatic rings. The third kappa shape index (κ3) is 0.932. The molecule has 1 N–H and O–H groups in total. The standard InChI is InChI=1S/C9H12N2O/c1-6-5-7-8(10-6)3-4-11(2)9(7)12/h5,10H,3-4H2,1-2H3. The molecular formula is C9H12N2O. The predicted octanol–water partition coefficient (Wildman–Crippen LogP) is 0.951. The largest absolute Gasteiger partial charge is 0.362 e. The van der Waals surface area contributed by atoms with Crippen molar-refractivity contribution in [2.75, 3.05) is 13.6 Å². The number of rotatable bonds is 0. The third-order valence-electron chi connectivity index (χ3n) is 2.31. The van der Waals surface area contributed by atoms with Gasteiger partial charge in [0.2, 0.25) is 0 Å². The van der Waals surface area contributed by atoms with Crippen LogP contribution in [0.5, 0.6) is 0 Å². The number of nitrogens with one attached hydrogen (secondary N) is 1. The van der Waals surface area contributed by atoms with Crippen LogP contribution < -0.4 is 0 Å². The van der Waals surface area contributed by atoms with Gasteiger partial charge in [0, 0.05) is 31.4 Å². The van der Waals surface area contributed by atoms with Crippen molar-refractivity contribution >= 4 is 5.91 Å². The Morgan fingerprint density at radius 2 is 2.33 bits per heavy atom. The van der Waals surface area contributed by atoms with Crippen molar-refractivity contribution in [1.29, 1.82) is 0 Å². The van der Waals surface area contributed by atoms with Crippen LogP contribution in [0.15, 0.2) is 6.07 Å². The van der Waals surface area contributed by atoms with Crippen LogP contribution in [0.2, 0.25) is 0 Å². The number of aromatic amines is 1. The number of carbonyl (C=O) groups is 1. The summed E-state index contributed by atoms with van der Waals surface area (Å²) >= 11 is 0. The number of fused-ring (bicyclic) bond motifs is 1. The molecule has 1 aromatic rings. The fourth-order valence-corrected chi connectivity index (χ4v) is 1.62. The first kappa shape index (κ1) is 7.40. The van der Waals surface area contributed by atoms with Crippen LogP contribution in [0.25, 0.3) is 0 Å². The van der Waals surface area contributed by atoms with Crippen LogP contribution in [-0.4, -0.2) is 29.4 Å². The summed E-state index contributed by atoms with van der Waals surface area (Å²) in [6, 6.07) is 1.92. The van der Waals surface area contributed by atoms with Gasteiger partial charge in [-0.1, -0.05) is 0 Å². The van der Waals surface area contributed by atoms with Crippen molar-refractivity contribution in [2.24, 2.45) is 0 Å². The van der Waals surface area contributed by atoms with E-state index in [0.717, 1.165) is 29.9 Å². The minimum atomic E-state index is 0.139. The molecule has 64 valence electrons. The Labute approximate surface area is 71.4 Å². The number of carbonyl (C=O) groups excluding carboxylic acids is 1. The Bertz CT molecular complexity index is 327. The molecule has 1 aromatic heterocycles. The zero-order valence-corrected chi connectivity index (χ0v) is 7.35. The van der Waals surface area contributed by atoms with Crippen LogP contribution in [0.3, 0.4) is 0 Å². The fourth-order valence-electron chi connectivity index (χ4n) is 1.62. The highest BCUT2D eigenvalue weighted by Crippen LogP contribution is 2.17. The number of amides is 1. The summed E-state index contributed by atoms with van der Waals surface area (Å²) in [6.07, 6.45) is 0.950. The summed E-state index contributed by atoms with van der Waals surface area (Å²) in [5.74, 6) is 0.139. The Morgan fingerprint density at radius 3 is 3.08 bits per heavy atom. The van der Waals surface area contributed by atoms with Gasteiger partial charge in [0.1, 0.15) is 0 Å². The van der Waals surface area contributed by atoms with Crippen LogP contribution in [0, 0.1) is 6.92 Å². The van der Waals surface area contributed by atoms with Crippen LogP contribution in [0.4, 0.5) is 0 Å². The fraction of sp³-hybridized carbons (Fsp3) is 0.444. The van der Waals surface area contributed by atoms with E-state index >= 15 is 0 Å². The quantitative estimate of drug-likeness (QED) is 0.609. The highest BCUT2D eigenvalue weighted by Gasteiger charge is 2.22. The second-order valence-corrected chi connectivity index (χ2v) is 3.32. The number of hydrogen-bond donors (Lipinski definition) is 1. The Morgan fingerprint density at radius 1 is 1.58 bits per heavy atom. The average Bonchev–Trinajstić information content (AvgIpc) is 2.39. The van der Waals surface area contributed by atoms with Gasteiger partial charge in [-0.3, -0.25) is 4.79 Å². The SMILES string of the molecule is Cc1cc2c([nH]1)CCN(C)C2=O. The number of hydrogen-bond acceptors (Lipinski definition) is 1. The van der Waals surface area contributed by atoms with Gasteiger partial charge in [-0.25, -0.2) is 0 Å². The van der Waals surface area contributed by atoms with Gasteiger partial charge in [0.05, 0.1) is 5.56 Å². The smallest absolute Gasteiger partial charge is 0.255 e. The monoisotopic (exact) mass is 164 g/mol. The molecule has 0 spiro atoms. The van der Waals surface area contributed by atoms with Gasteiger partial charge in [-0.2, -0.15) is 0 Å². The predicted molar refractivity (Wildman–Crippen MR) is 46.2 cm³/mol. The molecule has 0 saturated heterocycles. The minimum Gasteiger partial charge on any atom is -0.362 e. The Balaban J connectivity index is 2.48. The van der Waals surface area contributed by atoms with E-state index in [1.165, 1.54) is 0 Å². The topological polar surface area (TPSA) is 36.1 Å². The summed E-state index contributed by atoms with van der Waals surface area (Å²) in [4.78, 5) is 16.5. The maximum Gasteiger partial charge on any atom is 0.255 e. The lowest BCUT2D eigenvalue weighted by Crippen LogP contribution is -2.33. The molecule has 1 amide bonds. The maximum atomic E-state index is 11.5. The molecule has 2 heterocycles. The summed E-state index contributed by atoms with van der Waals surface area (Å²) in [5, 5.41) is 0. The molecule has 0 aliphatic carbocycles. The number of aromatic nitrogens is 1. The van der Waals surface area contributed by atoms with E-state index in [0.29, 0.717) is 0 Å². The van der Waals surface area contributed by atoms with E-state index in [9.17, 15) is 4.79 Å². The van der Waals surface area contributed by atoms with E-state index < -0.39 is 0 Å². The van der Waals surface area contributed by atoms with E-state index in [1.54, 1.807) is 4.90 Å². The van der Waals surface area contributed by atoms with Gasteiger partial charge in [-0.05, 0) is 13.0 Å². The average molecular weight is 164 g/mol. The van der Waals surface area contributed by atoms with Crippen LogP contribution >= 0.6 is 0 Å². The lowest BCUT2D eigenvalue weighted by atomic mass is 10.1. The van der Waals surface area contributed by atoms with Gasteiger partial charge < -0.3 is 9.88 Å². The van der Waals surface area contributed by atoms with Crippen LogP contribution in [-0.2, 0) is 6.42 Å². The van der Waals surface area contributed by atoms with E-state index in [2.05, 4.69) is 4.98 Å². The summed E-state index contributed by atoms with van der Waals surface area (Å²) in [5.41, 5.74) is 3.01. The molecule has 0 bridgehead atoms. The third-order valence-corrected chi connectivity index (χ3v) is 2.31. The molecule has 0 unspecified atom stereocenters. The molecule has 2 rings (SSSR count). The molecule has 0 radical (unpaired) electrons. The first-order valence-corrected chi connectivity index (χ1v) is 4.12. The van der Waals surface area contributed by atoms with E-state index in [-0.39, 0.29) is 5.91 Å². The van der Waals surface area contributed by atoms with Crippen molar-refractivity contribution in [3.63, 3.8) is 0 Å². The van der Waals surface area contributed by atoms with E-state index in [1.807, 2.05) is 20.0 Å². The normalized spacial score (nSPS) is 16.5. The Hall–Kier alpha value is -1.25. The molecule has 3 heteroatoms. The second kappa shape index (κ2) is 2.37. The van der Waals surface area contributed by atoms with Crippen molar-refractivity contribution in [3.8, 4) is 0 Å². The number of likely N-dealkylation sites (N-methyl/N-ethyl adjacent to an activating group) is 1. The molecule has 3 nitrogen and oxygen atoms in total. The van der Waals surface area contributed by atoms with Gasteiger partial charge >= 0.3 is 0 Å². The molecule has 12 heavy (non-hydrogen) atoms. The number of H-pyrrole nitrogens is 1. The zero-order valence-electron chi connectivity index (χ0n) is 7.35. The van der Waals surface area contributed by atoms with Gasteiger partial charge in [0.25, 0.3) is 5.91 Å². The molecule has 0 aromatic carbocycles. The molecule has 0 atom stereocenters. The highest BCUT2D eigenvalue weighted by atomic mass is 16.2. The Kier molecular flexibility index (Phi) is 1.46. The maximum absolute atomic E-state index is 11.5. The molecule has 0 saturated carbocycles. The minimum absolute atomic E-state index is 0.139. The van der Waals surface area contributed by atoms with Crippen LogP contribution in [0.1, 0.15) is 21.7 Å². The molecule has 0 fully saturated rings. The first-order chi connectivity index (χ1) is 5.68. The summed E-state index contributed by atoms with van der Waals surface area (Å²) in [6.45, 7) is 2.80. The van der Waals surface area contributed by atoms with Crippen molar-refractivity contribution in [1.82, 2.24) is 9.88 Å². The van der Waals surface area contributed by atoms with E-state index in [4.69, 9.17) is 0 Å². The number of nitrogens with zero attached hydrogens (tertiary/aromatic N) is 1. The first-order valence-electron chi connectivity index (χ1n) is 4.12. The van der Waals surface area contributed by atoms with Crippen molar-refractivity contribution in [2.45, 2.75) is 13.3 Å². The van der Waals surface area contributed by atoms with Gasteiger partial charge in [0.15, 0.2) is 0 Å².